The van der Waals surface area contributed by atoms with Gasteiger partial charge in [-0.15, -0.1) is 0 Å². The Bertz CT molecular complexity index is 737. The molecule has 0 bridgehead atoms. The molecule has 112 valence electrons. The van der Waals surface area contributed by atoms with Crippen LogP contribution < -0.4 is 4.72 Å². The quantitative estimate of drug-likeness (QED) is 0.928. The van der Waals surface area contributed by atoms with Crippen molar-refractivity contribution in [3.8, 4) is 0 Å². The molecule has 0 atom stereocenters. The summed E-state index contributed by atoms with van der Waals surface area (Å²) >= 11 is 5.87. The minimum Gasteiger partial charge on any atom is -0.207 e. The summed E-state index contributed by atoms with van der Waals surface area (Å²) < 4.78 is 27.7. The Balaban J connectivity index is 2.32. The Morgan fingerprint density at radius 2 is 1.67 bits per heavy atom. The number of hydrogen-bond acceptors (Lipinski definition) is 2. The fourth-order valence-electron chi connectivity index (χ4n) is 2.10. The smallest absolute Gasteiger partial charge is 0.207 e. The van der Waals surface area contributed by atoms with E-state index in [1.807, 2.05) is 39.0 Å². The third-order valence-electron chi connectivity index (χ3n) is 3.26. The van der Waals surface area contributed by atoms with E-state index in [1.54, 1.807) is 30.3 Å². The summed E-state index contributed by atoms with van der Waals surface area (Å²) in [6, 6.07) is 14.0. The lowest BCUT2D eigenvalue weighted by atomic mass is 9.96. The lowest BCUT2D eigenvalue weighted by Gasteiger charge is -2.26. The molecule has 0 aliphatic heterocycles. The van der Waals surface area contributed by atoms with Crippen LogP contribution in [0.4, 0.5) is 0 Å². The molecule has 2 aromatic carbocycles. The maximum Gasteiger partial charge on any atom is 0.241 e. The fourth-order valence-corrected chi connectivity index (χ4v) is 3.74. The SMILES string of the molecule is Cc1cccc(S(=O)(=O)NC(C)(C)c2ccc(Cl)cc2)c1. The lowest BCUT2D eigenvalue weighted by molar-refractivity contribution is 0.472. The van der Waals surface area contributed by atoms with Crippen molar-refractivity contribution in [1.29, 1.82) is 0 Å². The summed E-state index contributed by atoms with van der Waals surface area (Å²) in [7, 11) is -3.58. The Morgan fingerprint density at radius 3 is 2.24 bits per heavy atom. The molecule has 0 aromatic heterocycles. The Morgan fingerprint density at radius 1 is 1.05 bits per heavy atom. The first-order chi connectivity index (χ1) is 9.71. The molecule has 0 saturated heterocycles. The van der Waals surface area contributed by atoms with Crippen LogP contribution in [0.3, 0.4) is 0 Å². The molecule has 21 heavy (non-hydrogen) atoms. The predicted octanol–water partition coefficient (Wildman–Crippen LogP) is 3.86. The van der Waals surface area contributed by atoms with E-state index in [0.29, 0.717) is 5.02 Å². The molecule has 2 aromatic rings. The molecule has 0 unspecified atom stereocenters. The van der Waals surface area contributed by atoms with E-state index in [4.69, 9.17) is 11.6 Å². The van der Waals surface area contributed by atoms with Crippen molar-refractivity contribution in [2.45, 2.75) is 31.2 Å². The van der Waals surface area contributed by atoms with E-state index in [9.17, 15) is 8.42 Å². The molecule has 5 heteroatoms. The van der Waals surface area contributed by atoms with Crippen LogP contribution in [0.1, 0.15) is 25.0 Å². The zero-order chi connectivity index (χ0) is 15.7. The zero-order valence-corrected chi connectivity index (χ0v) is 13.8. The molecular weight excluding hydrogens is 306 g/mol. The molecule has 0 saturated carbocycles. The largest absolute Gasteiger partial charge is 0.241 e. The second-order valence-electron chi connectivity index (χ2n) is 5.55. The first kappa shape index (κ1) is 16.0. The van der Waals surface area contributed by atoms with Crippen molar-refractivity contribution in [1.82, 2.24) is 4.72 Å². The fraction of sp³-hybridized carbons (Fsp3) is 0.250. The highest BCUT2D eigenvalue weighted by molar-refractivity contribution is 7.89. The van der Waals surface area contributed by atoms with E-state index in [-0.39, 0.29) is 4.90 Å². The molecule has 0 aliphatic rings. The van der Waals surface area contributed by atoms with Gasteiger partial charge >= 0.3 is 0 Å². The monoisotopic (exact) mass is 323 g/mol. The van der Waals surface area contributed by atoms with Gasteiger partial charge in [-0.3, -0.25) is 0 Å². The standard InChI is InChI=1S/C16H18ClNO2S/c1-12-5-4-6-15(11-12)21(19,20)18-16(2,3)13-7-9-14(17)10-8-13/h4-11,18H,1-3H3. The molecule has 0 heterocycles. The van der Waals surface area contributed by atoms with Crippen molar-refractivity contribution in [2.75, 3.05) is 0 Å². The van der Waals surface area contributed by atoms with Gasteiger partial charge in [0.15, 0.2) is 0 Å². The van der Waals surface area contributed by atoms with E-state index in [0.717, 1.165) is 11.1 Å². The van der Waals surface area contributed by atoms with Gasteiger partial charge in [0, 0.05) is 5.02 Å². The average molecular weight is 324 g/mol. The summed E-state index contributed by atoms with van der Waals surface area (Å²) in [6.07, 6.45) is 0. The maximum atomic E-state index is 12.5. The van der Waals surface area contributed by atoms with Crippen LogP contribution in [0.5, 0.6) is 0 Å². The number of rotatable bonds is 4. The van der Waals surface area contributed by atoms with Gasteiger partial charge in [-0.2, -0.15) is 0 Å². The summed E-state index contributed by atoms with van der Waals surface area (Å²) in [6.45, 7) is 5.51. The van der Waals surface area contributed by atoms with Gasteiger partial charge in [-0.05, 0) is 56.2 Å². The van der Waals surface area contributed by atoms with E-state index in [1.165, 1.54) is 0 Å². The molecular formula is C16H18ClNO2S. The molecule has 1 N–H and O–H groups in total. The average Bonchev–Trinajstić information content (AvgIpc) is 2.38. The minimum absolute atomic E-state index is 0.268. The van der Waals surface area contributed by atoms with E-state index >= 15 is 0 Å². The molecule has 0 spiro atoms. The Labute approximate surface area is 131 Å². The molecule has 2 rings (SSSR count). The Hall–Kier alpha value is -1.36. The molecule has 0 radical (unpaired) electrons. The first-order valence-electron chi connectivity index (χ1n) is 6.57. The normalized spacial score (nSPS) is 12.4. The predicted molar refractivity (Wildman–Crippen MR) is 86.0 cm³/mol. The number of nitrogens with one attached hydrogen (secondary N) is 1. The molecule has 0 fully saturated rings. The number of benzene rings is 2. The second-order valence-corrected chi connectivity index (χ2v) is 7.67. The van der Waals surface area contributed by atoms with Gasteiger partial charge in [0.1, 0.15) is 0 Å². The van der Waals surface area contributed by atoms with Crippen LogP contribution in [0.25, 0.3) is 0 Å². The molecule has 3 nitrogen and oxygen atoms in total. The number of aryl methyl sites for hydroxylation is 1. The van der Waals surface area contributed by atoms with Crippen LogP contribution in [-0.2, 0) is 15.6 Å². The van der Waals surface area contributed by atoms with Gasteiger partial charge < -0.3 is 0 Å². The van der Waals surface area contributed by atoms with Crippen LogP contribution in [0, 0.1) is 6.92 Å². The highest BCUT2D eigenvalue weighted by Gasteiger charge is 2.27. The number of sulfonamides is 1. The second kappa shape index (κ2) is 5.79. The summed E-state index contributed by atoms with van der Waals surface area (Å²) in [5, 5.41) is 0.621. The maximum absolute atomic E-state index is 12.5. The third-order valence-corrected chi connectivity index (χ3v) is 5.16. The van der Waals surface area contributed by atoms with Gasteiger partial charge in [-0.1, -0.05) is 35.9 Å². The third kappa shape index (κ3) is 3.84. The van der Waals surface area contributed by atoms with Crippen molar-refractivity contribution >= 4 is 21.6 Å². The highest BCUT2D eigenvalue weighted by Crippen LogP contribution is 2.24. The van der Waals surface area contributed by atoms with Crippen molar-refractivity contribution in [2.24, 2.45) is 0 Å². The van der Waals surface area contributed by atoms with Crippen LogP contribution >= 0.6 is 11.6 Å². The van der Waals surface area contributed by atoms with Gasteiger partial charge in [-0.25, -0.2) is 13.1 Å². The lowest BCUT2D eigenvalue weighted by Crippen LogP contribution is -2.40. The first-order valence-corrected chi connectivity index (χ1v) is 8.43. The zero-order valence-electron chi connectivity index (χ0n) is 12.2. The highest BCUT2D eigenvalue weighted by atomic mass is 35.5. The summed E-state index contributed by atoms with van der Waals surface area (Å²) in [5.74, 6) is 0. The van der Waals surface area contributed by atoms with Crippen LogP contribution in [-0.4, -0.2) is 8.42 Å². The van der Waals surface area contributed by atoms with Gasteiger partial charge in [0.25, 0.3) is 0 Å². The topological polar surface area (TPSA) is 46.2 Å². The molecule has 0 amide bonds. The van der Waals surface area contributed by atoms with Crippen molar-refractivity contribution < 1.29 is 8.42 Å². The van der Waals surface area contributed by atoms with Crippen molar-refractivity contribution in [3.05, 3.63) is 64.7 Å². The number of halogens is 1. The molecule has 0 aliphatic carbocycles. The minimum atomic E-state index is -3.58. The van der Waals surface area contributed by atoms with Gasteiger partial charge in [0.05, 0.1) is 10.4 Å². The van der Waals surface area contributed by atoms with Crippen molar-refractivity contribution in [3.63, 3.8) is 0 Å². The van der Waals surface area contributed by atoms with Gasteiger partial charge in [0.2, 0.25) is 10.0 Å². The Kier molecular flexibility index (Phi) is 4.42. The summed E-state index contributed by atoms with van der Waals surface area (Å²) in [4.78, 5) is 0.268. The summed E-state index contributed by atoms with van der Waals surface area (Å²) in [5.41, 5.74) is 1.03. The number of hydrogen-bond donors (Lipinski definition) is 1. The van der Waals surface area contributed by atoms with Crippen LogP contribution in [0.15, 0.2) is 53.4 Å². The van der Waals surface area contributed by atoms with E-state index in [2.05, 4.69) is 4.72 Å². The van der Waals surface area contributed by atoms with Crippen LogP contribution in [0.2, 0.25) is 5.02 Å². The van der Waals surface area contributed by atoms with E-state index < -0.39 is 15.6 Å².